The van der Waals surface area contributed by atoms with Crippen LogP contribution in [0.5, 0.6) is 0 Å². The van der Waals surface area contributed by atoms with Crippen molar-refractivity contribution in [1.29, 1.82) is 0 Å². The van der Waals surface area contributed by atoms with Crippen LogP contribution in [0.2, 0.25) is 0 Å². The number of hydrogen-bond acceptors (Lipinski definition) is 6. The summed E-state index contributed by atoms with van der Waals surface area (Å²) in [7, 11) is -0.373. The van der Waals surface area contributed by atoms with Crippen LogP contribution in [0.4, 0.5) is 8.78 Å². The Labute approximate surface area is 249 Å². The van der Waals surface area contributed by atoms with E-state index < -0.39 is 42.2 Å². The van der Waals surface area contributed by atoms with E-state index in [9.17, 15) is 23.2 Å². The van der Waals surface area contributed by atoms with Crippen molar-refractivity contribution in [2.75, 3.05) is 20.1 Å². The quantitative estimate of drug-likeness (QED) is 0.0742. The summed E-state index contributed by atoms with van der Waals surface area (Å²) in [6, 6.07) is 0.956. The van der Waals surface area contributed by atoms with Gasteiger partial charge in [0.1, 0.15) is 23.2 Å². The van der Waals surface area contributed by atoms with Crippen LogP contribution >= 0.6 is 0 Å². The Morgan fingerprint density at radius 1 is 0.738 bits per heavy atom. The smallest absolute Gasteiger partial charge is 0.480 e. The molecule has 1 aromatic rings. The molecule has 0 heterocycles. The lowest BCUT2D eigenvalue weighted by Crippen LogP contribution is -2.33. The lowest BCUT2D eigenvalue weighted by atomic mass is 9.79. The number of likely N-dealkylation sites (N-methyl/N-ethyl adjacent to an activating group) is 1. The molecule has 0 aliphatic carbocycles. The number of carboxylic acid groups (broad SMARTS) is 1. The van der Waals surface area contributed by atoms with Gasteiger partial charge in [-0.15, -0.1) is 0 Å². The minimum absolute atomic E-state index is 0.0706. The van der Waals surface area contributed by atoms with E-state index >= 15 is 0 Å². The summed E-state index contributed by atoms with van der Waals surface area (Å²) >= 11 is 0. The highest BCUT2D eigenvalue weighted by atomic mass is 19.1. The first kappa shape index (κ1) is 37.5. The van der Waals surface area contributed by atoms with Gasteiger partial charge in [0, 0.05) is 19.5 Å². The number of carboxylic acids is 1. The van der Waals surface area contributed by atoms with E-state index in [2.05, 4.69) is 16.0 Å². The number of hydrogen-bond donors (Lipinski definition) is 6. The van der Waals surface area contributed by atoms with E-state index in [0.29, 0.717) is 25.9 Å². The summed E-state index contributed by atoms with van der Waals surface area (Å²) in [6.07, 6.45) is 16.7. The van der Waals surface area contributed by atoms with E-state index in [4.69, 9.17) is 15.2 Å². The zero-order chi connectivity index (χ0) is 31.2. The standard InChI is InChI=1S/C30H50BF2N3O6/c1-34-26(30(39)40)17-14-16-19-35-27(37)18-13-11-9-7-5-3-2-4-6-8-10-12-15-20-36-29(38)28-24(32)21-23(31(41)42)22-25(28)33/h21-22,26,34,41-42H,2-20H2,1H3,(H,35,37)(H,36,38)(H,39,40)/t26-/m0/s1. The summed E-state index contributed by atoms with van der Waals surface area (Å²) in [6.45, 7) is 0.911. The van der Waals surface area contributed by atoms with Crippen LogP contribution < -0.4 is 21.4 Å². The highest BCUT2D eigenvalue weighted by molar-refractivity contribution is 6.58. The van der Waals surface area contributed by atoms with Crippen molar-refractivity contribution >= 4 is 30.4 Å². The largest absolute Gasteiger partial charge is 0.488 e. The van der Waals surface area contributed by atoms with Crippen molar-refractivity contribution in [3.63, 3.8) is 0 Å². The van der Waals surface area contributed by atoms with Gasteiger partial charge in [-0.1, -0.05) is 70.6 Å². The van der Waals surface area contributed by atoms with E-state index in [-0.39, 0.29) is 11.4 Å². The molecule has 0 saturated carbocycles. The Balaban J connectivity index is 1.89. The van der Waals surface area contributed by atoms with Gasteiger partial charge in [0.2, 0.25) is 5.91 Å². The van der Waals surface area contributed by atoms with Crippen LogP contribution in [0.15, 0.2) is 12.1 Å². The fourth-order valence-corrected chi connectivity index (χ4v) is 4.79. The topological polar surface area (TPSA) is 148 Å². The van der Waals surface area contributed by atoms with E-state index in [1.54, 1.807) is 7.05 Å². The summed E-state index contributed by atoms with van der Waals surface area (Å²) < 4.78 is 28.0. The van der Waals surface area contributed by atoms with Crippen molar-refractivity contribution in [3.05, 3.63) is 29.3 Å². The minimum atomic E-state index is -2.01. The molecular formula is C30H50BF2N3O6. The summed E-state index contributed by atoms with van der Waals surface area (Å²) in [5.74, 6) is -3.88. The van der Waals surface area contributed by atoms with Gasteiger partial charge in [0.25, 0.3) is 5.91 Å². The second-order valence-electron chi connectivity index (χ2n) is 10.9. The molecule has 42 heavy (non-hydrogen) atoms. The summed E-state index contributed by atoms with van der Waals surface area (Å²) in [5, 5.41) is 35.2. The number of nitrogens with one attached hydrogen (secondary N) is 3. The fraction of sp³-hybridized carbons (Fsp3) is 0.700. The second kappa shape index (κ2) is 23.0. The molecule has 0 aliphatic heterocycles. The zero-order valence-electron chi connectivity index (χ0n) is 25.1. The molecule has 0 aromatic heterocycles. The van der Waals surface area contributed by atoms with Gasteiger partial charge < -0.3 is 31.1 Å². The molecule has 1 atom stereocenters. The molecule has 0 radical (unpaired) electrons. The number of carbonyl (C=O) groups excluding carboxylic acids is 2. The van der Waals surface area contributed by atoms with Crippen LogP contribution in [-0.2, 0) is 9.59 Å². The Morgan fingerprint density at radius 3 is 1.67 bits per heavy atom. The average Bonchev–Trinajstić information content (AvgIpc) is 2.94. The molecule has 9 nitrogen and oxygen atoms in total. The summed E-state index contributed by atoms with van der Waals surface area (Å²) in [4.78, 5) is 34.9. The van der Waals surface area contributed by atoms with Crippen LogP contribution in [0.25, 0.3) is 0 Å². The van der Waals surface area contributed by atoms with Gasteiger partial charge in [-0.25, -0.2) is 8.78 Å². The fourth-order valence-electron chi connectivity index (χ4n) is 4.79. The predicted molar refractivity (Wildman–Crippen MR) is 160 cm³/mol. The lowest BCUT2D eigenvalue weighted by Gasteiger charge is -2.10. The molecule has 2 amide bonds. The van der Waals surface area contributed by atoms with Crippen molar-refractivity contribution in [3.8, 4) is 0 Å². The van der Waals surface area contributed by atoms with Gasteiger partial charge >= 0.3 is 13.1 Å². The number of unbranched alkanes of at least 4 members (excludes halogenated alkanes) is 13. The molecule has 12 heteroatoms. The number of benzene rings is 1. The SMILES string of the molecule is CN[C@@H](CCCCNC(=O)CCCCCCCCCCCCCCCNC(=O)c1c(F)cc(B(O)O)cc1F)C(=O)O. The molecule has 0 bridgehead atoms. The van der Waals surface area contributed by atoms with Gasteiger partial charge in [0.05, 0.1) is 0 Å². The monoisotopic (exact) mass is 597 g/mol. The minimum Gasteiger partial charge on any atom is -0.480 e. The molecule has 0 spiro atoms. The normalized spacial score (nSPS) is 11.7. The first-order chi connectivity index (χ1) is 20.2. The Morgan fingerprint density at radius 2 is 1.19 bits per heavy atom. The highest BCUT2D eigenvalue weighted by Crippen LogP contribution is 2.14. The average molecular weight is 598 g/mol. The first-order valence-electron chi connectivity index (χ1n) is 15.5. The van der Waals surface area contributed by atoms with Crippen molar-refractivity contribution in [2.24, 2.45) is 0 Å². The number of aliphatic carboxylic acids is 1. The number of rotatable bonds is 25. The summed E-state index contributed by atoms with van der Waals surface area (Å²) in [5.41, 5.74) is -1.06. The molecule has 0 aliphatic rings. The molecular weight excluding hydrogens is 547 g/mol. The zero-order valence-corrected chi connectivity index (χ0v) is 25.1. The number of carbonyl (C=O) groups is 3. The second-order valence-corrected chi connectivity index (χ2v) is 10.9. The van der Waals surface area contributed by atoms with E-state index in [0.717, 1.165) is 76.3 Å². The predicted octanol–water partition coefficient (Wildman–Crippen LogP) is 3.79. The molecule has 0 unspecified atom stereocenters. The lowest BCUT2D eigenvalue weighted by molar-refractivity contribution is -0.139. The Bertz CT molecular complexity index is 915. The maximum atomic E-state index is 14.0. The Hall–Kier alpha value is -2.57. The van der Waals surface area contributed by atoms with Gasteiger partial charge in [0.15, 0.2) is 0 Å². The number of amides is 2. The van der Waals surface area contributed by atoms with Crippen molar-refractivity contribution < 1.29 is 38.3 Å². The van der Waals surface area contributed by atoms with E-state index in [1.165, 1.54) is 32.1 Å². The highest BCUT2D eigenvalue weighted by Gasteiger charge is 2.22. The van der Waals surface area contributed by atoms with Gasteiger partial charge in [-0.05, 0) is 56.7 Å². The van der Waals surface area contributed by atoms with Gasteiger partial charge in [-0.3, -0.25) is 14.4 Å². The van der Waals surface area contributed by atoms with Crippen molar-refractivity contribution in [1.82, 2.24) is 16.0 Å². The van der Waals surface area contributed by atoms with Crippen molar-refractivity contribution in [2.45, 2.75) is 115 Å². The van der Waals surface area contributed by atoms with Crippen LogP contribution in [0.3, 0.4) is 0 Å². The third kappa shape index (κ3) is 16.8. The maximum Gasteiger partial charge on any atom is 0.488 e. The van der Waals surface area contributed by atoms with Crippen LogP contribution in [0, 0.1) is 11.6 Å². The number of halogens is 2. The maximum absolute atomic E-state index is 14.0. The first-order valence-corrected chi connectivity index (χ1v) is 15.5. The molecule has 0 saturated heterocycles. The molecule has 1 rings (SSSR count). The van der Waals surface area contributed by atoms with Gasteiger partial charge in [-0.2, -0.15) is 0 Å². The molecule has 238 valence electrons. The molecule has 0 fully saturated rings. The molecule has 1 aromatic carbocycles. The Kier molecular flexibility index (Phi) is 20.5. The molecule has 6 N–H and O–H groups in total. The third-order valence-corrected chi connectivity index (χ3v) is 7.34. The van der Waals surface area contributed by atoms with Crippen LogP contribution in [-0.4, -0.2) is 66.2 Å². The van der Waals surface area contributed by atoms with E-state index in [1.807, 2.05) is 0 Å². The third-order valence-electron chi connectivity index (χ3n) is 7.34. The van der Waals surface area contributed by atoms with Crippen LogP contribution in [0.1, 0.15) is 120 Å².